The molecule has 4 rings (SSSR count). The van der Waals surface area contributed by atoms with E-state index in [9.17, 15) is 9.59 Å². The second-order valence-corrected chi connectivity index (χ2v) is 8.40. The van der Waals surface area contributed by atoms with Gasteiger partial charge in [0, 0.05) is 25.8 Å². The molecule has 0 radical (unpaired) electrons. The van der Waals surface area contributed by atoms with E-state index >= 15 is 0 Å². The topological polar surface area (TPSA) is 76.7 Å². The first kappa shape index (κ1) is 20.7. The highest BCUT2D eigenvalue weighted by Crippen LogP contribution is 2.34. The largest absolute Gasteiger partial charge is 0.463 e. The molecule has 0 aromatic carbocycles. The predicted octanol–water partition coefficient (Wildman–Crippen LogP) is 3.45. The fraction of sp³-hybridized carbons (Fsp3) is 0.565. The smallest absolute Gasteiger partial charge is 0.271 e. The van der Waals surface area contributed by atoms with Crippen LogP contribution in [0, 0.1) is 0 Å². The van der Waals surface area contributed by atoms with Crippen molar-refractivity contribution < 1.29 is 18.7 Å². The number of ether oxygens (including phenoxy) is 1. The molecule has 0 saturated heterocycles. The quantitative estimate of drug-likeness (QED) is 0.673. The molecule has 1 saturated carbocycles. The van der Waals surface area contributed by atoms with Gasteiger partial charge in [-0.3, -0.25) is 9.59 Å². The summed E-state index contributed by atoms with van der Waals surface area (Å²) in [4.78, 5) is 28.7. The zero-order valence-corrected chi connectivity index (χ0v) is 17.9. The highest BCUT2D eigenvalue weighted by atomic mass is 16.5. The van der Waals surface area contributed by atoms with Crippen LogP contribution >= 0.6 is 0 Å². The summed E-state index contributed by atoms with van der Waals surface area (Å²) in [7, 11) is 0. The Morgan fingerprint density at radius 3 is 2.73 bits per heavy atom. The maximum absolute atomic E-state index is 13.5. The summed E-state index contributed by atoms with van der Waals surface area (Å²) in [6.45, 7) is 5.92. The molecule has 7 heteroatoms. The van der Waals surface area contributed by atoms with Crippen molar-refractivity contribution in [2.24, 2.45) is 0 Å². The minimum absolute atomic E-state index is 0.0797. The maximum Gasteiger partial charge on any atom is 0.271 e. The number of carbonyl (C=O) groups excluding carboxylic acids is 2. The summed E-state index contributed by atoms with van der Waals surface area (Å²) in [6, 6.07) is 7.61. The highest BCUT2D eigenvalue weighted by molar-refractivity contribution is 6.00. The number of amides is 2. The molecular formula is C23H31N3O4. The van der Waals surface area contributed by atoms with Crippen molar-refractivity contribution in [2.75, 3.05) is 19.8 Å². The number of hydrogen-bond donors (Lipinski definition) is 1. The Morgan fingerprint density at radius 2 is 2.03 bits per heavy atom. The van der Waals surface area contributed by atoms with Crippen molar-refractivity contribution in [1.82, 2.24) is 14.8 Å². The third-order valence-corrected chi connectivity index (χ3v) is 6.33. The molecule has 0 bridgehead atoms. The van der Waals surface area contributed by atoms with Crippen LogP contribution < -0.4 is 5.32 Å². The van der Waals surface area contributed by atoms with E-state index in [0.717, 1.165) is 31.4 Å². The first-order valence-electron chi connectivity index (χ1n) is 11.0. The van der Waals surface area contributed by atoms with Crippen LogP contribution in [0.5, 0.6) is 0 Å². The second kappa shape index (κ2) is 8.68. The summed E-state index contributed by atoms with van der Waals surface area (Å²) in [5, 5.41) is 3.22. The van der Waals surface area contributed by atoms with Gasteiger partial charge in [-0.1, -0.05) is 12.8 Å². The Bertz CT molecular complexity index is 882. The average Bonchev–Trinajstić information content (AvgIpc) is 3.48. The molecule has 1 fully saturated rings. The van der Waals surface area contributed by atoms with Crippen LogP contribution in [-0.2, 0) is 16.1 Å². The summed E-state index contributed by atoms with van der Waals surface area (Å²) in [5.74, 6) is 0.487. The van der Waals surface area contributed by atoms with Crippen molar-refractivity contribution in [2.45, 2.75) is 64.1 Å². The maximum atomic E-state index is 13.5. The van der Waals surface area contributed by atoms with Crippen molar-refractivity contribution >= 4 is 11.8 Å². The first-order chi connectivity index (χ1) is 14.5. The Morgan fingerprint density at radius 1 is 1.27 bits per heavy atom. The van der Waals surface area contributed by atoms with Gasteiger partial charge in [0.1, 0.15) is 17.0 Å². The lowest BCUT2D eigenvalue weighted by Crippen LogP contribution is -2.65. The van der Waals surface area contributed by atoms with Gasteiger partial charge in [-0.25, -0.2) is 0 Å². The Balaban J connectivity index is 1.65. The number of rotatable bonds is 8. The molecule has 2 aromatic heterocycles. The molecule has 7 nitrogen and oxygen atoms in total. The van der Waals surface area contributed by atoms with E-state index in [-0.39, 0.29) is 17.9 Å². The summed E-state index contributed by atoms with van der Waals surface area (Å²) < 4.78 is 13.0. The Hall–Kier alpha value is -2.54. The summed E-state index contributed by atoms with van der Waals surface area (Å²) in [6.07, 6.45) is 6.61. The Kier molecular flexibility index (Phi) is 5.99. The van der Waals surface area contributed by atoms with Gasteiger partial charge in [0.25, 0.3) is 5.91 Å². The molecule has 0 spiro atoms. The van der Waals surface area contributed by atoms with E-state index in [4.69, 9.17) is 9.15 Å². The lowest BCUT2D eigenvalue weighted by molar-refractivity contribution is -0.133. The minimum Gasteiger partial charge on any atom is -0.463 e. The van der Waals surface area contributed by atoms with Crippen LogP contribution in [0.2, 0.25) is 0 Å². The van der Waals surface area contributed by atoms with Crippen molar-refractivity contribution in [3.8, 4) is 11.5 Å². The van der Waals surface area contributed by atoms with Crippen molar-refractivity contribution in [3.05, 3.63) is 36.2 Å². The van der Waals surface area contributed by atoms with Crippen LogP contribution in [0.4, 0.5) is 0 Å². The van der Waals surface area contributed by atoms with E-state index in [2.05, 4.69) is 5.32 Å². The van der Waals surface area contributed by atoms with Gasteiger partial charge < -0.3 is 23.9 Å². The third-order valence-electron chi connectivity index (χ3n) is 6.33. The molecule has 2 amide bonds. The van der Waals surface area contributed by atoms with Gasteiger partial charge in [0.15, 0.2) is 0 Å². The van der Waals surface area contributed by atoms with E-state index in [1.165, 1.54) is 0 Å². The van der Waals surface area contributed by atoms with E-state index in [1.54, 1.807) is 11.2 Å². The summed E-state index contributed by atoms with van der Waals surface area (Å²) in [5.41, 5.74) is 0.431. The van der Waals surface area contributed by atoms with Crippen LogP contribution in [-0.4, -0.2) is 52.6 Å². The fourth-order valence-electron chi connectivity index (χ4n) is 4.64. The van der Waals surface area contributed by atoms with E-state index in [1.807, 2.05) is 42.7 Å². The lowest BCUT2D eigenvalue weighted by Gasteiger charge is -2.44. The molecule has 2 aliphatic rings. The molecule has 1 aliphatic heterocycles. The monoisotopic (exact) mass is 413 g/mol. The number of carbonyl (C=O) groups is 2. The molecular weight excluding hydrogens is 382 g/mol. The molecule has 2 aromatic rings. The van der Waals surface area contributed by atoms with Gasteiger partial charge >= 0.3 is 0 Å². The number of nitrogens with one attached hydrogen (secondary N) is 1. The van der Waals surface area contributed by atoms with Crippen LogP contribution in [0.3, 0.4) is 0 Å². The predicted molar refractivity (Wildman–Crippen MR) is 113 cm³/mol. The molecule has 30 heavy (non-hydrogen) atoms. The van der Waals surface area contributed by atoms with Crippen LogP contribution in [0.1, 0.15) is 56.4 Å². The zero-order chi connectivity index (χ0) is 21.1. The van der Waals surface area contributed by atoms with Gasteiger partial charge in [-0.05, 0) is 57.4 Å². The highest BCUT2D eigenvalue weighted by Gasteiger charge is 2.48. The average molecular weight is 414 g/mol. The number of fused-ring (bicyclic) bond motifs is 1. The first-order valence-corrected chi connectivity index (χ1v) is 11.0. The van der Waals surface area contributed by atoms with E-state index in [0.29, 0.717) is 44.2 Å². The third kappa shape index (κ3) is 3.78. The molecule has 1 N–H and O–H groups in total. The van der Waals surface area contributed by atoms with Crippen molar-refractivity contribution in [3.63, 3.8) is 0 Å². The number of aromatic nitrogens is 1. The molecule has 162 valence electrons. The molecule has 0 unspecified atom stereocenters. The second-order valence-electron chi connectivity index (χ2n) is 8.40. The number of nitrogens with zero attached hydrogens (tertiary/aromatic N) is 2. The fourth-order valence-corrected chi connectivity index (χ4v) is 4.64. The van der Waals surface area contributed by atoms with Gasteiger partial charge in [0.05, 0.1) is 18.5 Å². The van der Waals surface area contributed by atoms with E-state index < -0.39 is 5.54 Å². The standard InChI is InChI=1S/C23H31N3O4/c1-3-29-14-7-13-26-21(27)19-12-11-18(20-10-6-15-30-20)25(19)16-23(26,2)22(28)24-17-8-4-5-9-17/h6,10-12,15,17H,3-5,7-9,13-14,16H2,1-2H3,(H,24,28)/t23-/m1/s1. The number of furan rings is 1. The van der Waals surface area contributed by atoms with Gasteiger partial charge in [-0.15, -0.1) is 0 Å². The SMILES string of the molecule is CCOCCCN1C(=O)c2ccc(-c3ccco3)n2C[C@]1(C)C(=O)NC1CCCC1. The summed E-state index contributed by atoms with van der Waals surface area (Å²) >= 11 is 0. The minimum atomic E-state index is -0.973. The number of hydrogen-bond acceptors (Lipinski definition) is 4. The molecule has 1 aliphatic carbocycles. The zero-order valence-electron chi connectivity index (χ0n) is 17.9. The van der Waals surface area contributed by atoms with Crippen LogP contribution in [0.25, 0.3) is 11.5 Å². The lowest BCUT2D eigenvalue weighted by atomic mass is 9.93. The Labute approximate surface area is 177 Å². The van der Waals surface area contributed by atoms with Gasteiger partial charge in [-0.2, -0.15) is 0 Å². The molecule has 1 atom stereocenters. The normalized spacial score (nSPS) is 21.8. The van der Waals surface area contributed by atoms with Crippen LogP contribution in [0.15, 0.2) is 34.9 Å². The van der Waals surface area contributed by atoms with Crippen molar-refractivity contribution in [1.29, 1.82) is 0 Å². The van der Waals surface area contributed by atoms with Gasteiger partial charge in [0.2, 0.25) is 5.91 Å². The molecule has 3 heterocycles.